The molecule has 1 saturated heterocycles. The fourth-order valence-corrected chi connectivity index (χ4v) is 3.37. The molecular weight excluding hydrogens is 392 g/mol. The number of halogens is 1. The Kier molecular flexibility index (Phi) is 8.60. The maximum atomic E-state index is 12.5. The van der Waals surface area contributed by atoms with Crippen LogP contribution in [0.15, 0.2) is 24.3 Å². The number of aromatic nitrogens is 3. The fraction of sp³-hybridized carbons (Fsp3) is 0.500. The third-order valence-electron chi connectivity index (χ3n) is 4.96. The lowest BCUT2D eigenvalue weighted by Gasteiger charge is -2.23. The highest BCUT2D eigenvalue weighted by atomic mass is 35.5. The number of amides is 2. The summed E-state index contributed by atoms with van der Waals surface area (Å²) >= 11 is 0. The van der Waals surface area contributed by atoms with E-state index in [1.807, 2.05) is 42.8 Å². The van der Waals surface area contributed by atoms with Gasteiger partial charge in [0.15, 0.2) is 5.69 Å². The standard InChI is InChI=1S/C20H28N6O2.ClH/c1-3-4-18(27)23-16-7-5-15(6-8-16)13-22-20(28)19-14(2)26(25-24-19)17-9-11-21-12-10-17;/h5-8,17,21H,3-4,9-13H2,1-2H3,(H,22,28)(H,23,27);1H. The molecule has 0 aliphatic carbocycles. The SMILES string of the molecule is CCCC(=O)Nc1ccc(CNC(=O)c2nnn(C3CCNCC3)c2C)cc1.Cl. The highest BCUT2D eigenvalue weighted by molar-refractivity contribution is 5.93. The summed E-state index contributed by atoms with van der Waals surface area (Å²) in [7, 11) is 0. The van der Waals surface area contributed by atoms with E-state index in [2.05, 4.69) is 26.3 Å². The van der Waals surface area contributed by atoms with Crippen molar-refractivity contribution in [2.24, 2.45) is 0 Å². The molecule has 1 fully saturated rings. The average Bonchev–Trinajstić information content (AvgIpc) is 3.09. The monoisotopic (exact) mass is 420 g/mol. The minimum atomic E-state index is -0.224. The van der Waals surface area contributed by atoms with Gasteiger partial charge in [-0.25, -0.2) is 4.68 Å². The molecule has 0 unspecified atom stereocenters. The number of carbonyl (C=O) groups is 2. The molecule has 0 saturated carbocycles. The van der Waals surface area contributed by atoms with Crippen LogP contribution >= 0.6 is 12.4 Å². The maximum Gasteiger partial charge on any atom is 0.274 e. The van der Waals surface area contributed by atoms with Gasteiger partial charge in [-0.15, -0.1) is 17.5 Å². The summed E-state index contributed by atoms with van der Waals surface area (Å²) in [4.78, 5) is 24.2. The molecule has 0 spiro atoms. The second kappa shape index (κ2) is 10.9. The second-order valence-corrected chi connectivity index (χ2v) is 7.13. The quantitative estimate of drug-likeness (QED) is 0.639. The molecule has 0 radical (unpaired) electrons. The van der Waals surface area contributed by atoms with Gasteiger partial charge in [-0.05, 0) is 57.0 Å². The molecule has 9 heteroatoms. The van der Waals surface area contributed by atoms with E-state index in [0.29, 0.717) is 24.7 Å². The Balaban J connectivity index is 0.00000300. The number of benzene rings is 1. The van der Waals surface area contributed by atoms with Crippen molar-refractivity contribution >= 4 is 29.9 Å². The Hall–Kier alpha value is -2.45. The van der Waals surface area contributed by atoms with Crippen molar-refractivity contribution in [1.29, 1.82) is 0 Å². The van der Waals surface area contributed by atoms with Gasteiger partial charge < -0.3 is 16.0 Å². The van der Waals surface area contributed by atoms with E-state index >= 15 is 0 Å². The van der Waals surface area contributed by atoms with Crippen LogP contribution in [0.25, 0.3) is 0 Å². The summed E-state index contributed by atoms with van der Waals surface area (Å²) in [6, 6.07) is 7.76. The summed E-state index contributed by atoms with van der Waals surface area (Å²) < 4.78 is 1.88. The van der Waals surface area contributed by atoms with Gasteiger partial charge in [0, 0.05) is 18.7 Å². The first-order valence-electron chi connectivity index (χ1n) is 9.88. The first kappa shape index (κ1) is 22.8. The van der Waals surface area contributed by atoms with Crippen LogP contribution in [-0.4, -0.2) is 39.9 Å². The number of nitrogens with zero attached hydrogens (tertiary/aromatic N) is 3. The summed E-state index contributed by atoms with van der Waals surface area (Å²) in [6.07, 6.45) is 3.31. The van der Waals surface area contributed by atoms with Gasteiger partial charge in [0.2, 0.25) is 5.91 Å². The van der Waals surface area contributed by atoms with Crippen LogP contribution in [0.2, 0.25) is 0 Å². The van der Waals surface area contributed by atoms with E-state index in [1.165, 1.54) is 0 Å². The molecule has 1 aliphatic rings. The Bertz CT molecular complexity index is 815. The predicted octanol–water partition coefficient (Wildman–Crippen LogP) is 2.60. The van der Waals surface area contributed by atoms with Gasteiger partial charge in [0.1, 0.15) is 0 Å². The molecule has 158 valence electrons. The van der Waals surface area contributed by atoms with Crippen molar-refractivity contribution in [2.75, 3.05) is 18.4 Å². The third-order valence-corrected chi connectivity index (χ3v) is 4.96. The molecule has 1 aromatic heterocycles. The Labute approximate surface area is 177 Å². The zero-order chi connectivity index (χ0) is 19.9. The zero-order valence-corrected chi connectivity index (χ0v) is 17.7. The van der Waals surface area contributed by atoms with Gasteiger partial charge in [-0.1, -0.05) is 24.3 Å². The third kappa shape index (κ3) is 6.01. The van der Waals surface area contributed by atoms with Crippen LogP contribution in [-0.2, 0) is 11.3 Å². The second-order valence-electron chi connectivity index (χ2n) is 7.13. The van der Waals surface area contributed by atoms with Gasteiger partial charge in [0.05, 0.1) is 11.7 Å². The average molecular weight is 421 g/mol. The predicted molar refractivity (Wildman–Crippen MR) is 114 cm³/mol. The Morgan fingerprint density at radius 3 is 2.55 bits per heavy atom. The van der Waals surface area contributed by atoms with Crippen molar-refractivity contribution < 1.29 is 9.59 Å². The molecule has 1 aliphatic heterocycles. The van der Waals surface area contributed by atoms with Crippen LogP contribution in [0.1, 0.15) is 60.4 Å². The van der Waals surface area contributed by atoms with Crippen molar-refractivity contribution in [3.63, 3.8) is 0 Å². The first-order chi connectivity index (χ1) is 13.6. The molecule has 3 rings (SSSR count). The van der Waals surface area contributed by atoms with E-state index in [4.69, 9.17) is 0 Å². The topological polar surface area (TPSA) is 101 Å². The number of carbonyl (C=O) groups excluding carboxylic acids is 2. The number of piperidine rings is 1. The summed E-state index contributed by atoms with van der Waals surface area (Å²) in [5.41, 5.74) is 2.89. The van der Waals surface area contributed by atoms with Crippen molar-refractivity contribution in [3.8, 4) is 0 Å². The van der Waals surface area contributed by atoms with E-state index in [9.17, 15) is 9.59 Å². The molecule has 3 N–H and O–H groups in total. The molecule has 0 bridgehead atoms. The first-order valence-corrected chi connectivity index (χ1v) is 9.88. The van der Waals surface area contributed by atoms with Crippen LogP contribution in [0.4, 0.5) is 5.69 Å². The highest BCUT2D eigenvalue weighted by Gasteiger charge is 2.22. The lowest BCUT2D eigenvalue weighted by Crippen LogP contribution is -2.30. The normalized spacial score (nSPS) is 14.1. The number of hydrogen-bond acceptors (Lipinski definition) is 5. The number of hydrogen-bond donors (Lipinski definition) is 3. The maximum absolute atomic E-state index is 12.5. The van der Waals surface area contributed by atoms with Crippen molar-refractivity contribution in [3.05, 3.63) is 41.2 Å². The minimum Gasteiger partial charge on any atom is -0.347 e. The van der Waals surface area contributed by atoms with E-state index in [1.54, 1.807) is 0 Å². The summed E-state index contributed by atoms with van der Waals surface area (Å²) in [5, 5.41) is 17.4. The molecule has 2 heterocycles. The van der Waals surface area contributed by atoms with E-state index in [-0.39, 0.29) is 24.2 Å². The van der Waals surface area contributed by atoms with Crippen LogP contribution in [0.5, 0.6) is 0 Å². The van der Waals surface area contributed by atoms with Crippen LogP contribution in [0, 0.1) is 6.92 Å². The molecular formula is C20H29ClN6O2. The molecule has 29 heavy (non-hydrogen) atoms. The van der Waals surface area contributed by atoms with E-state index in [0.717, 1.165) is 49.3 Å². The smallest absolute Gasteiger partial charge is 0.274 e. The van der Waals surface area contributed by atoms with Crippen LogP contribution in [0.3, 0.4) is 0 Å². The number of nitrogens with one attached hydrogen (secondary N) is 3. The number of rotatable bonds is 7. The van der Waals surface area contributed by atoms with Crippen molar-refractivity contribution in [2.45, 2.75) is 52.1 Å². The lowest BCUT2D eigenvalue weighted by atomic mass is 10.1. The summed E-state index contributed by atoms with van der Waals surface area (Å²) in [6.45, 7) is 6.17. The largest absolute Gasteiger partial charge is 0.347 e. The van der Waals surface area contributed by atoms with Gasteiger partial charge in [0.25, 0.3) is 5.91 Å². The van der Waals surface area contributed by atoms with Crippen molar-refractivity contribution in [1.82, 2.24) is 25.6 Å². The Morgan fingerprint density at radius 1 is 1.21 bits per heavy atom. The Morgan fingerprint density at radius 2 is 1.90 bits per heavy atom. The minimum absolute atomic E-state index is 0. The summed E-state index contributed by atoms with van der Waals surface area (Å²) in [5.74, 6) is -0.214. The fourth-order valence-electron chi connectivity index (χ4n) is 3.37. The van der Waals surface area contributed by atoms with Gasteiger partial charge in [-0.2, -0.15) is 0 Å². The highest BCUT2D eigenvalue weighted by Crippen LogP contribution is 2.20. The molecule has 2 amide bonds. The lowest BCUT2D eigenvalue weighted by molar-refractivity contribution is -0.116. The molecule has 0 atom stereocenters. The number of anilines is 1. The van der Waals surface area contributed by atoms with Gasteiger partial charge >= 0.3 is 0 Å². The van der Waals surface area contributed by atoms with E-state index < -0.39 is 0 Å². The molecule has 1 aromatic carbocycles. The molecule has 2 aromatic rings. The zero-order valence-electron chi connectivity index (χ0n) is 16.9. The van der Waals surface area contributed by atoms with Crippen LogP contribution < -0.4 is 16.0 Å². The molecule has 8 nitrogen and oxygen atoms in total. The van der Waals surface area contributed by atoms with Gasteiger partial charge in [-0.3, -0.25) is 9.59 Å².